The fourth-order valence-electron chi connectivity index (χ4n) is 3.87. The van der Waals surface area contributed by atoms with Crippen LogP contribution >= 0.6 is 0 Å². The van der Waals surface area contributed by atoms with Crippen LogP contribution in [0.5, 0.6) is 0 Å². The van der Waals surface area contributed by atoms with Crippen LogP contribution < -0.4 is 10.6 Å². The monoisotopic (exact) mass is 466 g/mol. The molecule has 35 heavy (non-hydrogen) atoms. The zero-order valence-corrected chi connectivity index (χ0v) is 20.1. The molecule has 0 saturated heterocycles. The number of aryl methyl sites for hydroxylation is 1. The second kappa shape index (κ2) is 11.9. The third-order valence-corrected chi connectivity index (χ3v) is 5.82. The molecule has 0 spiro atoms. The third-order valence-electron chi connectivity index (χ3n) is 5.82. The largest absolute Gasteiger partial charge is 0.382 e. The Morgan fingerprint density at radius 1 is 1.11 bits per heavy atom. The number of nitriles is 1. The predicted molar refractivity (Wildman–Crippen MR) is 141 cm³/mol. The van der Waals surface area contributed by atoms with E-state index in [1.165, 1.54) is 0 Å². The first kappa shape index (κ1) is 24.1. The maximum Gasteiger partial charge on any atom is 0.103 e. The van der Waals surface area contributed by atoms with Gasteiger partial charge in [0.25, 0.3) is 0 Å². The zero-order chi connectivity index (χ0) is 24.5. The first-order valence-corrected chi connectivity index (χ1v) is 11.8. The number of hydrogen-bond acceptors (Lipinski definition) is 6. The second-order valence-corrected chi connectivity index (χ2v) is 8.22. The molecule has 0 aliphatic carbocycles. The van der Waals surface area contributed by atoms with Gasteiger partial charge in [-0.25, -0.2) is 0 Å². The number of nitrogens with one attached hydrogen (secondary N) is 3. The number of H-pyrrole nitrogens is 1. The van der Waals surface area contributed by atoms with Gasteiger partial charge in [-0.3, -0.25) is 9.97 Å². The normalized spacial score (nSPS) is 11.2. The number of benzene rings is 1. The lowest BCUT2D eigenvalue weighted by molar-refractivity contribution is 0.144. The molecule has 0 bridgehead atoms. The highest BCUT2D eigenvalue weighted by atomic mass is 16.5. The number of aromatic amines is 1. The smallest absolute Gasteiger partial charge is 0.103 e. The van der Waals surface area contributed by atoms with E-state index in [9.17, 15) is 5.26 Å². The summed E-state index contributed by atoms with van der Waals surface area (Å²) >= 11 is 0. The Hall–Kier alpha value is -3.99. The summed E-state index contributed by atoms with van der Waals surface area (Å²) in [6, 6.07) is 12.4. The van der Waals surface area contributed by atoms with E-state index < -0.39 is 0 Å². The lowest BCUT2D eigenvalue weighted by Crippen LogP contribution is -2.16. The van der Waals surface area contributed by atoms with Crippen LogP contribution in [-0.4, -0.2) is 34.7 Å². The molecule has 0 saturated carbocycles. The Morgan fingerprint density at radius 3 is 2.83 bits per heavy atom. The van der Waals surface area contributed by atoms with Crippen LogP contribution in [0.2, 0.25) is 0 Å². The Bertz CT molecular complexity index is 1330. The van der Waals surface area contributed by atoms with Gasteiger partial charge in [0.1, 0.15) is 6.07 Å². The molecule has 178 valence electrons. The summed E-state index contributed by atoms with van der Waals surface area (Å²) in [6.07, 6.45) is 12.0. The fourth-order valence-corrected chi connectivity index (χ4v) is 3.87. The lowest BCUT2D eigenvalue weighted by atomic mass is 10.1. The maximum atomic E-state index is 9.69. The van der Waals surface area contributed by atoms with Gasteiger partial charge in [-0.05, 0) is 74.4 Å². The van der Waals surface area contributed by atoms with Crippen molar-refractivity contribution in [1.82, 2.24) is 20.3 Å². The van der Waals surface area contributed by atoms with Gasteiger partial charge >= 0.3 is 0 Å². The molecule has 4 rings (SSSR count). The minimum atomic E-state index is 0.486. The molecule has 0 aliphatic rings. The standard InChI is InChI=1S/C28H30N6O/c1-3-35-14-4-12-30-16-21-5-7-24(33-17-21)8-6-22-18-31-19-23(15-29)28(22)34-26-9-10-27-25(20(26)2)11-13-32-27/h5-11,13,17-19,30,32H,3-4,12,14,16H2,1-2H3,(H,31,34)/b8-6+. The Balaban J connectivity index is 1.47. The van der Waals surface area contributed by atoms with Gasteiger partial charge in [0.2, 0.25) is 0 Å². The number of ether oxygens (including phenoxy) is 1. The Labute approximate surface area is 205 Å². The SMILES string of the molecule is CCOCCCNCc1ccc(/C=C/c2cncc(C#N)c2Nc2ccc3[nH]ccc3c2C)nc1. The lowest BCUT2D eigenvalue weighted by Gasteiger charge is -2.14. The molecule has 0 unspecified atom stereocenters. The molecule has 4 aromatic rings. The molecule has 3 aromatic heterocycles. The number of hydrogen-bond donors (Lipinski definition) is 3. The first-order valence-electron chi connectivity index (χ1n) is 11.8. The van der Waals surface area contributed by atoms with Crippen molar-refractivity contribution in [3.63, 3.8) is 0 Å². The van der Waals surface area contributed by atoms with Crippen molar-refractivity contribution in [2.24, 2.45) is 0 Å². The molecule has 3 N–H and O–H groups in total. The Kier molecular flexibility index (Phi) is 8.23. The average Bonchev–Trinajstić information content (AvgIpc) is 3.37. The van der Waals surface area contributed by atoms with Crippen molar-refractivity contribution in [2.75, 3.05) is 25.1 Å². The van der Waals surface area contributed by atoms with E-state index in [1.807, 2.05) is 49.7 Å². The number of aromatic nitrogens is 3. The van der Waals surface area contributed by atoms with Gasteiger partial charge in [0.15, 0.2) is 0 Å². The van der Waals surface area contributed by atoms with Gasteiger partial charge in [0.05, 0.1) is 16.9 Å². The van der Waals surface area contributed by atoms with Crippen molar-refractivity contribution in [3.8, 4) is 6.07 Å². The zero-order valence-electron chi connectivity index (χ0n) is 20.1. The molecule has 0 fully saturated rings. The van der Waals surface area contributed by atoms with Crippen LogP contribution in [0.1, 0.15) is 41.3 Å². The molecule has 0 amide bonds. The van der Waals surface area contributed by atoms with Crippen LogP contribution in [0.4, 0.5) is 11.4 Å². The first-order chi connectivity index (χ1) is 17.2. The summed E-state index contributed by atoms with van der Waals surface area (Å²) < 4.78 is 5.35. The quantitative estimate of drug-likeness (QED) is 0.250. The fraction of sp³-hybridized carbons (Fsp3) is 0.250. The number of nitrogens with zero attached hydrogens (tertiary/aromatic N) is 3. The van der Waals surface area contributed by atoms with Crippen LogP contribution in [0, 0.1) is 18.3 Å². The second-order valence-electron chi connectivity index (χ2n) is 8.22. The minimum Gasteiger partial charge on any atom is -0.382 e. The van der Waals surface area contributed by atoms with Crippen molar-refractivity contribution < 1.29 is 4.74 Å². The maximum absolute atomic E-state index is 9.69. The summed E-state index contributed by atoms with van der Waals surface area (Å²) in [4.78, 5) is 12.0. The van der Waals surface area contributed by atoms with Crippen LogP contribution in [0.15, 0.2) is 55.1 Å². The summed E-state index contributed by atoms with van der Waals surface area (Å²) in [6.45, 7) is 7.31. The average molecular weight is 467 g/mol. The Morgan fingerprint density at radius 2 is 2.03 bits per heavy atom. The third kappa shape index (κ3) is 6.12. The van der Waals surface area contributed by atoms with Crippen molar-refractivity contribution in [1.29, 1.82) is 5.26 Å². The summed E-state index contributed by atoms with van der Waals surface area (Å²) in [5.74, 6) is 0. The molecule has 3 heterocycles. The van der Waals surface area contributed by atoms with Gasteiger partial charge < -0.3 is 20.4 Å². The summed E-state index contributed by atoms with van der Waals surface area (Å²) in [7, 11) is 0. The van der Waals surface area contributed by atoms with Crippen LogP contribution in [-0.2, 0) is 11.3 Å². The van der Waals surface area contributed by atoms with Gasteiger partial charge in [-0.1, -0.05) is 6.07 Å². The number of rotatable bonds is 11. The number of fused-ring (bicyclic) bond motifs is 1. The van der Waals surface area contributed by atoms with E-state index in [2.05, 4.69) is 50.7 Å². The highest BCUT2D eigenvalue weighted by molar-refractivity contribution is 5.90. The van der Waals surface area contributed by atoms with Crippen molar-refractivity contribution in [3.05, 3.63) is 83.1 Å². The minimum absolute atomic E-state index is 0.486. The van der Waals surface area contributed by atoms with Crippen LogP contribution in [0.3, 0.4) is 0 Å². The van der Waals surface area contributed by atoms with Gasteiger partial charge in [-0.15, -0.1) is 0 Å². The summed E-state index contributed by atoms with van der Waals surface area (Å²) in [5, 5.41) is 17.7. The van der Waals surface area contributed by atoms with E-state index in [1.54, 1.807) is 12.4 Å². The summed E-state index contributed by atoms with van der Waals surface area (Å²) in [5.41, 5.74) is 7.14. The van der Waals surface area contributed by atoms with E-state index >= 15 is 0 Å². The molecular weight excluding hydrogens is 436 g/mol. The predicted octanol–water partition coefficient (Wildman–Crippen LogP) is 5.57. The molecule has 0 atom stereocenters. The topological polar surface area (TPSA) is 98.6 Å². The van der Waals surface area contributed by atoms with E-state index in [0.29, 0.717) is 5.56 Å². The van der Waals surface area contributed by atoms with E-state index in [-0.39, 0.29) is 0 Å². The van der Waals surface area contributed by atoms with Gasteiger partial charge in [0, 0.05) is 66.7 Å². The van der Waals surface area contributed by atoms with Crippen molar-refractivity contribution >= 4 is 34.4 Å². The van der Waals surface area contributed by atoms with Crippen molar-refractivity contribution in [2.45, 2.75) is 26.8 Å². The van der Waals surface area contributed by atoms with E-state index in [0.717, 1.165) is 77.4 Å². The highest BCUT2D eigenvalue weighted by Crippen LogP contribution is 2.31. The number of pyridine rings is 2. The van der Waals surface area contributed by atoms with Crippen LogP contribution in [0.25, 0.3) is 23.1 Å². The molecular formula is C28H30N6O. The van der Waals surface area contributed by atoms with E-state index in [4.69, 9.17) is 4.74 Å². The molecule has 7 heteroatoms. The van der Waals surface area contributed by atoms with Gasteiger partial charge in [-0.2, -0.15) is 5.26 Å². The molecule has 0 radical (unpaired) electrons. The molecule has 0 aliphatic heterocycles. The molecule has 1 aromatic carbocycles. The molecule has 7 nitrogen and oxygen atoms in total. The number of anilines is 2. The highest BCUT2D eigenvalue weighted by Gasteiger charge is 2.11.